The molecule has 0 saturated carbocycles. The summed E-state index contributed by atoms with van der Waals surface area (Å²) in [7, 11) is 0. The number of esters is 1. The number of halogens is 1. The van der Waals surface area contributed by atoms with Crippen LogP contribution >= 0.6 is 15.9 Å². The van der Waals surface area contributed by atoms with Crippen molar-refractivity contribution >= 4 is 50.7 Å². The molecule has 50 heavy (non-hydrogen) atoms. The zero-order valence-electron chi connectivity index (χ0n) is 27.8. The molecule has 3 aliphatic heterocycles. The molecule has 6 rings (SSSR count). The Morgan fingerprint density at radius 2 is 1.92 bits per heavy atom. The molecule has 14 heteroatoms. The third-order valence-electron chi connectivity index (χ3n) is 9.87. The molecule has 1 unspecified atom stereocenters. The highest BCUT2D eigenvalue weighted by molar-refractivity contribution is 9.09. The van der Waals surface area contributed by atoms with Gasteiger partial charge in [0.25, 0.3) is 0 Å². The minimum atomic E-state index is -1.36. The lowest BCUT2D eigenvalue weighted by molar-refractivity contribution is -0.152. The molecule has 3 aliphatic rings. The van der Waals surface area contributed by atoms with E-state index in [1.807, 2.05) is 54.6 Å². The van der Waals surface area contributed by atoms with Crippen LogP contribution in [0.2, 0.25) is 0 Å². The number of nitrogens with one attached hydrogen (secondary N) is 1. The Hall–Kier alpha value is -4.40. The highest BCUT2D eigenvalue weighted by atomic mass is 79.9. The van der Waals surface area contributed by atoms with E-state index in [0.717, 1.165) is 5.52 Å². The van der Waals surface area contributed by atoms with Crippen LogP contribution in [0.3, 0.4) is 0 Å². The summed E-state index contributed by atoms with van der Waals surface area (Å²) in [5, 5.41) is 21.8. The number of aliphatic hydroxyl groups excluding tert-OH is 1. The number of alkyl halides is 1. The van der Waals surface area contributed by atoms with Crippen molar-refractivity contribution < 1.29 is 33.8 Å². The van der Waals surface area contributed by atoms with Gasteiger partial charge in [-0.15, -0.1) is 18.3 Å². The zero-order valence-corrected chi connectivity index (χ0v) is 29.4. The number of hydrogen-bond donors (Lipinski definition) is 2. The summed E-state index contributed by atoms with van der Waals surface area (Å²) in [6.45, 7) is 8.79. The molecule has 3 saturated heterocycles. The molecule has 3 fully saturated rings. The van der Waals surface area contributed by atoms with Crippen molar-refractivity contribution in [1.82, 2.24) is 30.1 Å². The van der Waals surface area contributed by atoms with Gasteiger partial charge in [0.2, 0.25) is 17.7 Å². The smallest absolute Gasteiger partial charge is 0.306 e. The number of ether oxygens (including phenoxy) is 2. The summed E-state index contributed by atoms with van der Waals surface area (Å²) in [6.07, 6.45) is 3.41. The van der Waals surface area contributed by atoms with Crippen LogP contribution in [0.4, 0.5) is 0 Å². The average Bonchev–Trinajstić information content (AvgIpc) is 3.85. The summed E-state index contributed by atoms with van der Waals surface area (Å²) >= 11 is 3.71. The van der Waals surface area contributed by atoms with Crippen LogP contribution in [0.1, 0.15) is 37.8 Å². The summed E-state index contributed by atoms with van der Waals surface area (Å²) in [5.74, 6) is -3.72. The van der Waals surface area contributed by atoms with Crippen molar-refractivity contribution in [3.8, 4) is 0 Å². The first-order chi connectivity index (χ1) is 24.1. The molecule has 13 nitrogen and oxygen atoms in total. The number of aromatic nitrogens is 3. The molecule has 1 spiro atoms. The van der Waals surface area contributed by atoms with Gasteiger partial charge in [0.1, 0.15) is 30.4 Å². The predicted molar refractivity (Wildman–Crippen MR) is 186 cm³/mol. The fourth-order valence-electron chi connectivity index (χ4n) is 7.58. The first-order valence-corrected chi connectivity index (χ1v) is 17.6. The SMILES string of the molecule is C=CCCC(=O)OC[C@H](NC(=O)[C@H]1[C@@H]2O[C@@]3(CC2Br)[C@@H]1C(=O)N([C@H](C)CO)[C@@H]3C(=O)N(CC=C)Cn1nnc2ccccc21)c1ccccc1. The highest BCUT2D eigenvalue weighted by Crippen LogP contribution is 2.60. The van der Waals surface area contributed by atoms with Gasteiger partial charge in [-0.1, -0.05) is 75.8 Å². The molecule has 2 aromatic carbocycles. The number of rotatable bonds is 15. The molecule has 1 aromatic heterocycles. The van der Waals surface area contributed by atoms with Gasteiger partial charge >= 0.3 is 5.97 Å². The van der Waals surface area contributed by atoms with Crippen LogP contribution in [0.15, 0.2) is 79.9 Å². The van der Waals surface area contributed by atoms with E-state index < -0.39 is 72.0 Å². The fraction of sp³-hybridized carbons (Fsp3) is 0.444. The highest BCUT2D eigenvalue weighted by Gasteiger charge is 2.77. The minimum Gasteiger partial charge on any atom is -0.463 e. The van der Waals surface area contributed by atoms with Crippen LogP contribution in [-0.4, -0.2) is 102 Å². The molecule has 4 heterocycles. The van der Waals surface area contributed by atoms with Gasteiger partial charge in [-0.3, -0.25) is 19.2 Å². The number of carbonyl (C=O) groups excluding carboxylic acids is 4. The molecule has 0 aliphatic carbocycles. The second kappa shape index (κ2) is 14.8. The van der Waals surface area contributed by atoms with Gasteiger partial charge < -0.3 is 29.7 Å². The third kappa shape index (κ3) is 6.35. The second-order valence-corrected chi connectivity index (χ2v) is 14.2. The van der Waals surface area contributed by atoms with Crippen molar-refractivity contribution in [2.75, 3.05) is 19.8 Å². The maximum atomic E-state index is 14.8. The molecular formula is C36H41BrN6O7. The lowest BCUT2D eigenvalue weighted by Crippen LogP contribution is -2.58. The topological polar surface area (TPSA) is 156 Å². The third-order valence-corrected chi connectivity index (χ3v) is 10.7. The van der Waals surface area contributed by atoms with E-state index in [4.69, 9.17) is 9.47 Å². The Bertz CT molecular complexity index is 1770. The Labute approximate surface area is 298 Å². The predicted octanol–water partition coefficient (Wildman–Crippen LogP) is 2.90. The largest absolute Gasteiger partial charge is 0.463 e. The van der Waals surface area contributed by atoms with Crippen molar-refractivity contribution in [3.63, 3.8) is 0 Å². The lowest BCUT2D eigenvalue weighted by atomic mass is 9.70. The van der Waals surface area contributed by atoms with Crippen molar-refractivity contribution in [2.45, 2.75) is 67.5 Å². The Kier molecular flexibility index (Phi) is 10.5. The zero-order chi connectivity index (χ0) is 35.6. The van der Waals surface area contributed by atoms with Crippen LogP contribution < -0.4 is 5.32 Å². The maximum Gasteiger partial charge on any atom is 0.306 e. The number of aliphatic hydroxyl groups is 1. The normalized spacial score (nSPS) is 26.3. The van der Waals surface area contributed by atoms with E-state index in [0.29, 0.717) is 23.9 Å². The molecule has 0 radical (unpaired) electrons. The number of hydrogen-bond acceptors (Lipinski definition) is 9. The Morgan fingerprint density at radius 1 is 1.18 bits per heavy atom. The standard InChI is InChI=1S/C36H41BrN6O7/c1-4-6-16-28(45)49-20-26(23-12-8-7-9-13-23)38-33(46)29-30-34(47)43(22(3)19-44)32(36(30)18-24(37)31(29)50-36)35(48)41(17-5-2)21-42-27-15-11-10-14-25(27)39-40-42/h4-5,7-15,22,24,26,29-32,44H,1-2,6,16-21H2,3H3,(H,38,46)/t22-,24?,26+,29-,30+,31-,32-,36+/m1/s1. The molecule has 3 aromatic rings. The first kappa shape index (κ1) is 35.4. The van der Waals surface area contributed by atoms with E-state index >= 15 is 0 Å². The minimum absolute atomic E-state index is 0.0213. The van der Waals surface area contributed by atoms with Crippen LogP contribution in [0.5, 0.6) is 0 Å². The average molecular weight is 750 g/mol. The van der Waals surface area contributed by atoms with E-state index in [2.05, 4.69) is 44.7 Å². The fourth-order valence-corrected chi connectivity index (χ4v) is 8.52. The van der Waals surface area contributed by atoms with Gasteiger partial charge in [0.05, 0.1) is 42.1 Å². The number of para-hydroxylation sites is 1. The van der Waals surface area contributed by atoms with Crippen molar-refractivity contribution in [3.05, 3.63) is 85.5 Å². The molecule has 3 amide bonds. The lowest BCUT2D eigenvalue weighted by Gasteiger charge is -2.38. The summed E-state index contributed by atoms with van der Waals surface area (Å²) in [5.41, 5.74) is 0.747. The van der Waals surface area contributed by atoms with Crippen LogP contribution in [0, 0.1) is 11.8 Å². The number of amides is 3. The van der Waals surface area contributed by atoms with Crippen molar-refractivity contribution in [2.24, 2.45) is 11.8 Å². The van der Waals surface area contributed by atoms with Crippen LogP contribution in [-0.2, 0) is 35.3 Å². The van der Waals surface area contributed by atoms with Gasteiger partial charge in [-0.2, -0.15) is 0 Å². The number of likely N-dealkylation sites (tertiary alicyclic amines) is 1. The Morgan fingerprint density at radius 3 is 2.64 bits per heavy atom. The number of allylic oxidation sites excluding steroid dienone is 1. The van der Waals surface area contributed by atoms with Crippen LogP contribution in [0.25, 0.3) is 11.0 Å². The van der Waals surface area contributed by atoms with E-state index in [1.165, 1.54) is 9.80 Å². The summed E-state index contributed by atoms with van der Waals surface area (Å²) in [6, 6.07) is 13.9. The molecule has 2 N–H and O–H groups in total. The molecule has 264 valence electrons. The monoisotopic (exact) mass is 748 g/mol. The summed E-state index contributed by atoms with van der Waals surface area (Å²) < 4.78 is 13.8. The van der Waals surface area contributed by atoms with E-state index in [1.54, 1.807) is 23.8 Å². The maximum absolute atomic E-state index is 14.8. The first-order valence-electron chi connectivity index (χ1n) is 16.7. The van der Waals surface area contributed by atoms with Gasteiger partial charge in [0, 0.05) is 17.8 Å². The van der Waals surface area contributed by atoms with E-state index in [-0.39, 0.29) is 31.1 Å². The quantitative estimate of drug-likeness (QED) is 0.136. The number of benzene rings is 2. The Balaban J connectivity index is 1.31. The number of fused-ring (bicyclic) bond motifs is 2. The summed E-state index contributed by atoms with van der Waals surface area (Å²) in [4.78, 5) is 58.6. The molecule has 8 atom stereocenters. The van der Waals surface area contributed by atoms with Gasteiger partial charge in [-0.25, -0.2) is 4.68 Å². The number of nitrogens with zero attached hydrogens (tertiary/aromatic N) is 5. The molecular weight excluding hydrogens is 708 g/mol. The van der Waals surface area contributed by atoms with Crippen molar-refractivity contribution in [1.29, 1.82) is 0 Å². The van der Waals surface area contributed by atoms with Gasteiger partial charge in [0.15, 0.2) is 0 Å². The van der Waals surface area contributed by atoms with Gasteiger partial charge in [-0.05, 0) is 37.5 Å². The van der Waals surface area contributed by atoms with E-state index in [9.17, 15) is 24.3 Å². The second-order valence-electron chi connectivity index (χ2n) is 13.0. The molecule has 2 bridgehead atoms. The number of carbonyl (C=O) groups is 4.